The molecule has 1 fully saturated rings. The summed E-state index contributed by atoms with van der Waals surface area (Å²) in [6.45, 7) is 3.28. The average molecular weight is 284 g/mol. The van der Waals surface area contributed by atoms with Crippen molar-refractivity contribution in [1.29, 1.82) is 0 Å². The molecule has 0 radical (unpaired) electrons. The van der Waals surface area contributed by atoms with Crippen LogP contribution < -0.4 is 5.32 Å². The highest BCUT2D eigenvalue weighted by molar-refractivity contribution is 5.21. The van der Waals surface area contributed by atoms with Crippen LogP contribution in [0, 0.1) is 17.6 Å². The Morgan fingerprint density at radius 2 is 2.25 bits per heavy atom. The molecule has 0 bridgehead atoms. The van der Waals surface area contributed by atoms with Gasteiger partial charge in [0.15, 0.2) is 0 Å². The summed E-state index contributed by atoms with van der Waals surface area (Å²) in [5.41, 5.74) is 0.139. The van der Waals surface area contributed by atoms with Gasteiger partial charge in [-0.3, -0.25) is 0 Å². The molecule has 1 saturated heterocycles. The fourth-order valence-electron chi connectivity index (χ4n) is 2.75. The number of aliphatic hydroxyl groups excluding tert-OH is 1. The minimum absolute atomic E-state index is 0.139. The van der Waals surface area contributed by atoms with E-state index in [0.717, 1.165) is 31.8 Å². The van der Waals surface area contributed by atoms with Gasteiger partial charge in [0.1, 0.15) is 11.6 Å². The van der Waals surface area contributed by atoms with Crippen molar-refractivity contribution in [2.24, 2.45) is 5.92 Å². The highest BCUT2D eigenvalue weighted by atomic mass is 19.1. The average Bonchev–Trinajstić information content (AvgIpc) is 2.38. The van der Waals surface area contributed by atoms with Gasteiger partial charge >= 0.3 is 0 Å². The van der Waals surface area contributed by atoms with Gasteiger partial charge in [0.2, 0.25) is 0 Å². The number of hydrogen-bond donors (Lipinski definition) is 2. The van der Waals surface area contributed by atoms with E-state index in [4.69, 9.17) is 0 Å². The van der Waals surface area contributed by atoms with Crippen LogP contribution in [0.25, 0.3) is 0 Å². The lowest BCUT2D eigenvalue weighted by Gasteiger charge is -2.30. The summed E-state index contributed by atoms with van der Waals surface area (Å²) in [4.78, 5) is 2.30. The van der Waals surface area contributed by atoms with Gasteiger partial charge in [-0.05, 0) is 45.0 Å². The number of halogens is 2. The lowest BCUT2D eigenvalue weighted by molar-refractivity contribution is 0.159. The van der Waals surface area contributed by atoms with E-state index in [-0.39, 0.29) is 12.1 Å². The zero-order valence-electron chi connectivity index (χ0n) is 11.8. The lowest BCUT2D eigenvalue weighted by atomic mass is 9.98. The molecule has 0 aliphatic carbocycles. The number of likely N-dealkylation sites (tertiary alicyclic amines) is 1. The van der Waals surface area contributed by atoms with E-state index in [1.54, 1.807) is 0 Å². The molecule has 1 aliphatic heterocycles. The number of aliphatic hydroxyl groups is 1. The molecule has 2 N–H and O–H groups in total. The normalized spacial score (nSPS) is 21.9. The first kappa shape index (κ1) is 15.4. The molecule has 0 amide bonds. The molecule has 1 heterocycles. The van der Waals surface area contributed by atoms with E-state index in [1.165, 1.54) is 18.9 Å². The monoisotopic (exact) mass is 284 g/mol. The Labute approximate surface area is 118 Å². The summed E-state index contributed by atoms with van der Waals surface area (Å²) >= 11 is 0. The van der Waals surface area contributed by atoms with Crippen molar-refractivity contribution in [2.45, 2.75) is 18.9 Å². The minimum Gasteiger partial charge on any atom is -0.387 e. The SMILES string of the molecule is CN1CCCC(CNCC(O)c2ccc(F)cc2F)C1. The summed E-state index contributed by atoms with van der Waals surface area (Å²) in [5, 5.41) is 13.1. The van der Waals surface area contributed by atoms with Gasteiger partial charge in [-0.2, -0.15) is 0 Å². The summed E-state index contributed by atoms with van der Waals surface area (Å²) in [6, 6.07) is 3.26. The molecule has 2 rings (SSSR count). The van der Waals surface area contributed by atoms with Crippen molar-refractivity contribution in [2.75, 3.05) is 33.2 Å². The van der Waals surface area contributed by atoms with Crippen molar-refractivity contribution < 1.29 is 13.9 Å². The van der Waals surface area contributed by atoms with Crippen LogP contribution in [0.5, 0.6) is 0 Å². The third kappa shape index (κ3) is 4.23. The fourth-order valence-corrected chi connectivity index (χ4v) is 2.75. The molecule has 1 aromatic carbocycles. The maximum absolute atomic E-state index is 13.5. The van der Waals surface area contributed by atoms with Gasteiger partial charge in [-0.25, -0.2) is 8.78 Å². The maximum Gasteiger partial charge on any atom is 0.131 e. The molecule has 5 heteroatoms. The van der Waals surface area contributed by atoms with Crippen LogP contribution in [0.3, 0.4) is 0 Å². The predicted molar refractivity (Wildman–Crippen MR) is 74.4 cm³/mol. The summed E-state index contributed by atoms with van der Waals surface area (Å²) in [5.74, 6) is -0.757. The fraction of sp³-hybridized carbons (Fsp3) is 0.600. The Hall–Kier alpha value is -1.04. The molecule has 0 spiro atoms. The first-order chi connectivity index (χ1) is 9.56. The summed E-state index contributed by atoms with van der Waals surface area (Å²) in [6.07, 6.45) is 1.42. The second-order valence-corrected chi connectivity index (χ2v) is 5.61. The number of nitrogens with zero attached hydrogens (tertiary/aromatic N) is 1. The molecule has 20 heavy (non-hydrogen) atoms. The van der Waals surface area contributed by atoms with Crippen molar-refractivity contribution in [3.63, 3.8) is 0 Å². The van der Waals surface area contributed by atoms with Gasteiger partial charge in [-0.15, -0.1) is 0 Å². The number of benzene rings is 1. The van der Waals surface area contributed by atoms with E-state index in [9.17, 15) is 13.9 Å². The third-order valence-electron chi connectivity index (χ3n) is 3.81. The van der Waals surface area contributed by atoms with Crippen molar-refractivity contribution in [3.8, 4) is 0 Å². The number of nitrogens with one attached hydrogen (secondary N) is 1. The second kappa shape index (κ2) is 7.11. The molecule has 112 valence electrons. The minimum atomic E-state index is -0.947. The van der Waals surface area contributed by atoms with Gasteiger partial charge in [0, 0.05) is 24.7 Å². The van der Waals surface area contributed by atoms with Crippen LogP contribution in [0.4, 0.5) is 8.78 Å². The standard InChI is InChI=1S/C15H22F2N2O/c1-19-6-2-3-11(10-19)8-18-9-15(20)13-5-4-12(16)7-14(13)17/h4-5,7,11,15,18,20H,2-3,6,8-10H2,1H3. The van der Waals surface area contributed by atoms with E-state index in [2.05, 4.69) is 17.3 Å². The number of hydrogen-bond acceptors (Lipinski definition) is 3. The van der Waals surface area contributed by atoms with Crippen LogP contribution in [-0.4, -0.2) is 43.2 Å². The van der Waals surface area contributed by atoms with Crippen molar-refractivity contribution >= 4 is 0 Å². The Balaban J connectivity index is 1.78. The van der Waals surface area contributed by atoms with Crippen LogP contribution in [-0.2, 0) is 0 Å². The molecule has 1 aromatic rings. The first-order valence-corrected chi connectivity index (χ1v) is 7.08. The van der Waals surface area contributed by atoms with E-state index < -0.39 is 17.7 Å². The quantitative estimate of drug-likeness (QED) is 0.867. The number of piperidine rings is 1. The summed E-state index contributed by atoms with van der Waals surface area (Å²) < 4.78 is 26.3. The highest BCUT2D eigenvalue weighted by Gasteiger charge is 2.18. The Bertz CT molecular complexity index is 442. The molecule has 2 atom stereocenters. The Morgan fingerprint density at radius 3 is 2.95 bits per heavy atom. The highest BCUT2D eigenvalue weighted by Crippen LogP contribution is 2.18. The molecule has 2 unspecified atom stereocenters. The van der Waals surface area contributed by atoms with Gasteiger partial charge < -0.3 is 15.3 Å². The smallest absolute Gasteiger partial charge is 0.131 e. The van der Waals surface area contributed by atoms with Gasteiger partial charge in [-0.1, -0.05) is 6.07 Å². The molecule has 3 nitrogen and oxygen atoms in total. The molecule has 1 aliphatic rings. The van der Waals surface area contributed by atoms with Crippen LogP contribution in [0.15, 0.2) is 18.2 Å². The van der Waals surface area contributed by atoms with Crippen molar-refractivity contribution in [3.05, 3.63) is 35.4 Å². The second-order valence-electron chi connectivity index (χ2n) is 5.61. The molecule has 0 saturated carbocycles. The van der Waals surface area contributed by atoms with Crippen LogP contribution in [0.1, 0.15) is 24.5 Å². The number of rotatable bonds is 5. The predicted octanol–water partition coefficient (Wildman–Crippen LogP) is 1.93. The van der Waals surface area contributed by atoms with Crippen LogP contribution in [0.2, 0.25) is 0 Å². The van der Waals surface area contributed by atoms with Gasteiger partial charge in [0.25, 0.3) is 0 Å². The lowest BCUT2D eigenvalue weighted by Crippen LogP contribution is -2.38. The van der Waals surface area contributed by atoms with Gasteiger partial charge in [0.05, 0.1) is 6.10 Å². The Morgan fingerprint density at radius 1 is 1.45 bits per heavy atom. The topological polar surface area (TPSA) is 35.5 Å². The Kier molecular flexibility index (Phi) is 5.46. The molecular weight excluding hydrogens is 262 g/mol. The first-order valence-electron chi connectivity index (χ1n) is 7.08. The molecular formula is C15H22F2N2O. The summed E-state index contributed by atoms with van der Waals surface area (Å²) in [7, 11) is 2.11. The van der Waals surface area contributed by atoms with E-state index in [0.29, 0.717) is 5.92 Å². The van der Waals surface area contributed by atoms with Crippen LogP contribution >= 0.6 is 0 Å². The maximum atomic E-state index is 13.5. The molecule has 0 aromatic heterocycles. The van der Waals surface area contributed by atoms with E-state index in [1.807, 2.05) is 0 Å². The zero-order valence-corrected chi connectivity index (χ0v) is 11.8. The zero-order chi connectivity index (χ0) is 14.5. The van der Waals surface area contributed by atoms with Crippen molar-refractivity contribution in [1.82, 2.24) is 10.2 Å². The van der Waals surface area contributed by atoms with E-state index >= 15 is 0 Å². The largest absolute Gasteiger partial charge is 0.387 e. The third-order valence-corrected chi connectivity index (χ3v) is 3.81.